The minimum atomic E-state index is -0.976. The van der Waals surface area contributed by atoms with E-state index in [1.165, 1.54) is 0 Å². The molecule has 0 spiro atoms. The number of aliphatic carboxylic acids is 1. The lowest BCUT2D eigenvalue weighted by Crippen LogP contribution is -2.24. The fraction of sp³-hybridized carbons (Fsp3) is 0.273. The summed E-state index contributed by atoms with van der Waals surface area (Å²) in [6, 6.07) is 6.91. The minimum Gasteiger partial charge on any atom is -0.479 e. The van der Waals surface area contributed by atoms with Crippen LogP contribution in [-0.2, 0) is 11.2 Å². The smallest absolute Gasteiger partial charge is 0.345 e. The number of benzene rings is 1. The van der Waals surface area contributed by atoms with Gasteiger partial charge >= 0.3 is 5.97 Å². The Bertz CT molecular complexity index is 464. The summed E-state index contributed by atoms with van der Waals surface area (Å²) in [6.07, 6.45) is -0.454. The molecule has 5 heteroatoms. The van der Waals surface area contributed by atoms with Gasteiger partial charge < -0.3 is 14.6 Å². The van der Waals surface area contributed by atoms with E-state index in [4.69, 9.17) is 19.8 Å². The molecule has 16 heavy (non-hydrogen) atoms. The van der Waals surface area contributed by atoms with Gasteiger partial charge in [-0.3, -0.25) is 0 Å². The molecular formula is C11H9NO4. The Morgan fingerprint density at radius 1 is 1.69 bits per heavy atom. The van der Waals surface area contributed by atoms with Crippen molar-refractivity contribution in [1.82, 2.24) is 0 Å². The van der Waals surface area contributed by atoms with Crippen LogP contribution in [0.1, 0.15) is 5.56 Å². The Morgan fingerprint density at radius 2 is 2.50 bits per heavy atom. The zero-order chi connectivity index (χ0) is 11.5. The van der Waals surface area contributed by atoms with Gasteiger partial charge in [-0.2, -0.15) is 5.26 Å². The van der Waals surface area contributed by atoms with Gasteiger partial charge in [-0.25, -0.2) is 4.79 Å². The average molecular weight is 219 g/mol. The van der Waals surface area contributed by atoms with E-state index in [2.05, 4.69) is 0 Å². The second-order valence-electron chi connectivity index (χ2n) is 3.37. The van der Waals surface area contributed by atoms with E-state index in [1.54, 1.807) is 18.2 Å². The van der Waals surface area contributed by atoms with Crippen LogP contribution in [0.4, 0.5) is 0 Å². The van der Waals surface area contributed by atoms with E-state index < -0.39 is 12.1 Å². The van der Waals surface area contributed by atoms with E-state index in [9.17, 15) is 4.79 Å². The SMILES string of the molecule is N#CCOc1ccc2c(c1)OC(C(=O)O)C2. The van der Waals surface area contributed by atoms with Crippen LogP contribution in [0.25, 0.3) is 0 Å². The van der Waals surface area contributed by atoms with Crippen LogP contribution in [0.5, 0.6) is 11.5 Å². The van der Waals surface area contributed by atoms with Gasteiger partial charge in [0.1, 0.15) is 17.6 Å². The lowest BCUT2D eigenvalue weighted by molar-refractivity contribution is -0.144. The number of carboxylic acid groups (broad SMARTS) is 1. The first-order chi connectivity index (χ1) is 7.70. The third-order valence-electron chi connectivity index (χ3n) is 2.29. The topological polar surface area (TPSA) is 79.5 Å². The van der Waals surface area contributed by atoms with Crippen LogP contribution in [-0.4, -0.2) is 23.8 Å². The summed E-state index contributed by atoms with van der Waals surface area (Å²) >= 11 is 0. The standard InChI is InChI=1S/C11H9NO4/c12-3-4-15-8-2-1-7-5-10(11(13)14)16-9(7)6-8/h1-2,6,10H,4-5H2,(H,13,14). The lowest BCUT2D eigenvalue weighted by Gasteiger charge is -2.05. The van der Waals surface area contributed by atoms with Crippen LogP contribution in [0.3, 0.4) is 0 Å². The van der Waals surface area contributed by atoms with Crippen LogP contribution < -0.4 is 9.47 Å². The Kier molecular flexibility index (Phi) is 2.64. The second-order valence-corrected chi connectivity index (χ2v) is 3.37. The number of fused-ring (bicyclic) bond motifs is 1. The number of carboxylic acids is 1. The fourth-order valence-corrected chi connectivity index (χ4v) is 1.55. The molecule has 2 rings (SSSR count). The number of hydrogen-bond donors (Lipinski definition) is 1. The maximum absolute atomic E-state index is 10.7. The fourth-order valence-electron chi connectivity index (χ4n) is 1.55. The quantitative estimate of drug-likeness (QED) is 0.819. The summed E-state index contributed by atoms with van der Waals surface area (Å²) in [6.45, 7) is -0.0405. The van der Waals surface area contributed by atoms with Crippen LogP contribution in [0, 0.1) is 11.3 Å². The van der Waals surface area contributed by atoms with Crippen molar-refractivity contribution in [3.8, 4) is 17.6 Å². The molecule has 0 fully saturated rings. The van der Waals surface area contributed by atoms with Crippen molar-refractivity contribution in [1.29, 1.82) is 5.26 Å². The zero-order valence-electron chi connectivity index (χ0n) is 8.34. The molecule has 0 radical (unpaired) electrons. The van der Waals surface area contributed by atoms with Gasteiger partial charge in [0.2, 0.25) is 0 Å². The number of hydrogen-bond acceptors (Lipinski definition) is 4. The highest BCUT2D eigenvalue weighted by Crippen LogP contribution is 2.32. The van der Waals surface area contributed by atoms with Gasteiger partial charge in [-0.15, -0.1) is 0 Å². The van der Waals surface area contributed by atoms with Crippen molar-refractivity contribution in [3.63, 3.8) is 0 Å². The summed E-state index contributed by atoms with van der Waals surface area (Å²) in [4.78, 5) is 10.7. The molecule has 0 amide bonds. The average Bonchev–Trinajstić information content (AvgIpc) is 2.69. The van der Waals surface area contributed by atoms with Gasteiger partial charge in [0.15, 0.2) is 12.7 Å². The normalized spacial score (nSPS) is 17.1. The predicted molar refractivity (Wildman–Crippen MR) is 53.3 cm³/mol. The Morgan fingerprint density at radius 3 is 3.19 bits per heavy atom. The van der Waals surface area contributed by atoms with E-state index in [1.807, 2.05) is 6.07 Å². The van der Waals surface area contributed by atoms with Crippen molar-refractivity contribution in [2.75, 3.05) is 6.61 Å². The molecule has 0 aliphatic carbocycles. The Balaban J connectivity index is 2.15. The van der Waals surface area contributed by atoms with Gasteiger partial charge in [-0.05, 0) is 11.6 Å². The number of nitriles is 1. The van der Waals surface area contributed by atoms with E-state index in [-0.39, 0.29) is 6.61 Å². The maximum atomic E-state index is 10.7. The van der Waals surface area contributed by atoms with E-state index >= 15 is 0 Å². The molecule has 0 saturated carbocycles. The first-order valence-electron chi connectivity index (χ1n) is 4.73. The number of rotatable bonds is 3. The Hall–Kier alpha value is -2.22. The third kappa shape index (κ3) is 1.91. The summed E-state index contributed by atoms with van der Waals surface area (Å²) < 4.78 is 10.3. The molecular weight excluding hydrogens is 210 g/mol. The van der Waals surface area contributed by atoms with Crippen molar-refractivity contribution in [3.05, 3.63) is 23.8 Å². The number of nitrogens with zero attached hydrogens (tertiary/aromatic N) is 1. The maximum Gasteiger partial charge on any atom is 0.345 e. The summed E-state index contributed by atoms with van der Waals surface area (Å²) in [7, 11) is 0. The molecule has 1 aromatic carbocycles. The predicted octanol–water partition coefficient (Wildman–Crippen LogP) is 0.977. The minimum absolute atomic E-state index is 0.0405. The van der Waals surface area contributed by atoms with Crippen LogP contribution in [0.2, 0.25) is 0 Å². The summed E-state index contributed by atoms with van der Waals surface area (Å²) in [5, 5.41) is 17.1. The molecule has 1 heterocycles. The molecule has 1 aromatic rings. The highest BCUT2D eigenvalue weighted by Gasteiger charge is 2.28. The molecule has 1 atom stereocenters. The van der Waals surface area contributed by atoms with E-state index in [0.717, 1.165) is 5.56 Å². The second kappa shape index (κ2) is 4.11. The van der Waals surface area contributed by atoms with Crippen molar-refractivity contribution in [2.24, 2.45) is 0 Å². The Labute approximate surface area is 91.8 Å². The number of ether oxygens (including phenoxy) is 2. The molecule has 0 aromatic heterocycles. The third-order valence-corrected chi connectivity index (χ3v) is 2.29. The molecule has 82 valence electrons. The molecule has 1 N–H and O–H groups in total. The monoisotopic (exact) mass is 219 g/mol. The highest BCUT2D eigenvalue weighted by atomic mass is 16.5. The van der Waals surface area contributed by atoms with Crippen LogP contribution in [0.15, 0.2) is 18.2 Å². The molecule has 1 unspecified atom stereocenters. The zero-order valence-corrected chi connectivity index (χ0v) is 8.34. The van der Waals surface area contributed by atoms with Crippen molar-refractivity contribution >= 4 is 5.97 Å². The largest absolute Gasteiger partial charge is 0.479 e. The summed E-state index contributed by atoms with van der Waals surface area (Å²) in [5.41, 5.74) is 0.844. The molecule has 5 nitrogen and oxygen atoms in total. The van der Waals surface area contributed by atoms with Gasteiger partial charge in [0, 0.05) is 12.5 Å². The summed E-state index contributed by atoms with van der Waals surface area (Å²) in [5.74, 6) is 0.0462. The van der Waals surface area contributed by atoms with Crippen LogP contribution >= 0.6 is 0 Å². The molecule has 1 aliphatic rings. The highest BCUT2D eigenvalue weighted by molar-refractivity contribution is 5.74. The van der Waals surface area contributed by atoms with Gasteiger partial charge in [-0.1, -0.05) is 6.07 Å². The van der Waals surface area contributed by atoms with E-state index in [0.29, 0.717) is 17.9 Å². The molecule has 1 aliphatic heterocycles. The molecule has 0 bridgehead atoms. The van der Waals surface area contributed by atoms with Crippen molar-refractivity contribution in [2.45, 2.75) is 12.5 Å². The first kappa shape index (κ1) is 10.3. The van der Waals surface area contributed by atoms with Gasteiger partial charge in [0.25, 0.3) is 0 Å². The lowest BCUT2D eigenvalue weighted by atomic mass is 10.1. The van der Waals surface area contributed by atoms with Crippen molar-refractivity contribution < 1.29 is 19.4 Å². The van der Waals surface area contributed by atoms with Gasteiger partial charge in [0.05, 0.1) is 0 Å². The number of carbonyl (C=O) groups is 1. The first-order valence-corrected chi connectivity index (χ1v) is 4.73. The molecule has 0 saturated heterocycles.